The van der Waals surface area contributed by atoms with E-state index in [1.165, 1.54) is 16.8 Å². The van der Waals surface area contributed by atoms with Gasteiger partial charge in [0.25, 0.3) is 0 Å². The van der Waals surface area contributed by atoms with Crippen molar-refractivity contribution in [2.24, 2.45) is 0 Å². The molecule has 2 nitrogen and oxygen atoms in total. The van der Waals surface area contributed by atoms with Gasteiger partial charge in [-0.3, -0.25) is 4.79 Å². The third-order valence-corrected chi connectivity index (χ3v) is 4.23. The predicted molar refractivity (Wildman–Crippen MR) is 81.8 cm³/mol. The topological polar surface area (TPSA) is 22.0 Å². The van der Waals surface area contributed by atoms with Crippen LogP contribution in [0, 0.1) is 13.8 Å². The van der Waals surface area contributed by atoms with Crippen LogP contribution in [0.25, 0.3) is 16.6 Å². The maximum atomic E-state index is 12.3. The Kier molecular flexibility index (Phi) is 2.19. The molecule has 2 aromatic carbocycles. The molecule has 1 aliphatic rings. The van der Waals surface area contributed by atoms with Crippen molar-refractivity contribution in [3.05, 3.63) is 75.1 Å². The minimum Gasteiger partial charge on any atom is -0.312 e. The van der Waals surface area contributed by atoms with Crippen molar-refractivity contribution < 1.29 is 0 Å². The number of aryl methyl sites for hydroxylation is 2. The van der Waals surface area contributed by atoms with Crippen LogP contribution in [0.4, 0.5) is 0 Å². The molecule has 4 rings (SSSR count). The van der Waals surface area contributed by atoms with Gasteiger partial charge >= 0.3 is 0 Å². The second-order valence-corrected chi connectivity index (χ2v) is 5.57. The maximum absolute atomic E-state index is 12.3. The Morgan fingerprint density at radius 2 is 1.75 bits per heavy atom. The van der Waals surface area contributed by atoms with E-state index in [2.05, 4.69) is 42.7 Å². The summed E-state index contributed by atoms with van der Waals surface area (Å²) in [6.07, 6.45) is 0.844. The maximum Gasteiger partial charge on any atom is 0.189 e. The molecule has 0 atom stereocenters. The van der Waals surface area contributed by atoms with Crippen molar-refractivity contribution in [3.8, 4) is 5.69 Å². The van der Waals surface area contributed by atoms with Crippen molar-refractivity contribution in [2.45, 2.75) is 20.3 Å². The lowest BCUT2D eigenvalue weighted by atomic mass is 10.1. The van der Waals surface area contributed by atoms with Crippen LogP contribution in [0.3, 0.4) is 0 Å². The fraction of sp³-hybridized carbons (Fsp3) is 0.167. The highest BCUT2D eigenvalue weighted by atomic mass is 16.1. The van der Waals surface area contributed by atoms with Crippen LogP contribution in [0.15, 0.2) is 47.3 Å². The Morgan fingerprint density at radius 1 is 1.00 bits per heavy atom. The molecule has 0 amide bonds. The molecule has 0 aliphatic carbocycles. The number of para-hydroxylation sites is 2. The third kappa shape index (κ3) is 1.36. The molecule has 20 heavy (non-hydrogen) atoms. The number of benzene rings is 2. The van der Waals surface area contributed by atoms with Crippen LogP contribution >= 0.6 is 0 Å². The van der Waals surface area contributed by atoms with E-state index in [4.69, 9.17) is 0 Å². The standard InChI is InChI=1S/C18H15NO/c1-11-5-3-7-13-9-14-10-16(20)15-8-4-6-12(2)18(15)19(14)17(11)13/h3-8,10H,9H2,1-2H3. The highest BCUT2D eigenvalue weighted by Crippen LogP contribution is 2.33. The Hall–Kier alpha value is -2.35. The molecule has 0 bridgehead atoms. The molecule has 2 heterocycles. The number of rotatable bonds is 0. The summed E-state index contributed by atoms with van der Waals surface area (Å²) < 4.78 is 2.27. The molecule has 2 heteroatoms. The largest absolute Gasteiger partial charge is 0.312 e. The molecular weight excluding hydrogens is 246 g/mol. The Labute approximate surface area is 117 Å². The normalized spacial score (nSPS) is 12.5. The summed E-state index contributed by atoms with van der Waals surface area (Å²) in [5, 5.41) is 0.810. The lowest BCUT2D eigenvalue weighted by Gasteiger charge is -2.14. The first kappa shape index (κ1) is 11.5. The fourth-order valence-corrected chi connectivity index (χ4v) is 3.35. The van der Waals surface area contributed by atoms with Gasteiger partial charge in [-0.15, -0.1) is 0 Å². The predicted octanol–water partition coefficient (Wildman–Crippen LogP) is 3.51. The summed E-state index contributed by atoms with van der Waals surface area (Å²) >= 11 is 0. The van der Waals surface area contributed by atoms with E-state index >= 15 is 0 Å². The van der Waals surface area contributed by atoms with E-state index in [-0.39, 0.29) is 5.43 Å². The zero-order chi connectivity index (χ0) is 13.9. The van der Waals surface area contributed by atoms with Crippen LogP contribution in [-0.4, -0.2) is 4.57 Å². The van der Waals surface area contributed by atoms with Gasteiger partial charge in [0.1, 0.15) is 0 Å². The zero-order valence-corrected chi connectivity index (χ0v) is 11.6. The van der Waals surface area contributed by atoms with Crippen LogP contribution < -0.4 is 5.43 Å². The van der Waals surface area contributed by atoms with E-state index in [1.54, 1.807) is 6.07 Å². The average molecular weight is 261 g/mol. The number of aromatic nitrogens is 1. The minimum absolute atomic E-state index is 0.125. The second-order valence-electron chi connectivity index (χ2n) is 5.57. The van der Waals surface area contributed by atoms with Crippen LogP contribution in [0.1, 0.15) is 22.4 Å². The summed E-state index contributed by atoms with van der Waals surface area (Å²) in [6, 6.07) is 14.1. The molecule has 0 N–H and O–H groups in total. The number of nitrogens with zero attached hydrogens (tertiary/aromatic N) is 1. The first-order valence-corrected chi connectivity index (χ1v) is 6.90. The van der Waals surface area contributed by atoms with E-state index in [0.717, 1.165) is 28.6 Å². The smallest absolute Gasteiger partial charge is 0.189 e. The second kappa shape index (κ2) is 3.83. The molecule has 0 unspecified atom stereocenters. The summed E-state index contributed by atoms with van der Waals surface area (Å²) in [5.74, 6) is 0. The van der Waals surface area contributed by atoms with Crippen molar-refractivity contribution in [2.75, 3.05) is 0 Å². The fourth-order valence-electron chi connectivity index (χ4n) is 3.35. The van der Waals surface area contributed by atoms with Crippen molar-refractivity contribution >= 4 is 10.9 Å². The Bertz CT molecular complexity index is 919. The van der Waals surface area contributed by atoms with Gasteiger partial charge in [-0.05, 0) is 36.6 Å². The molecule has 0 spiro atoms. The van der Waals surface area contributed by atoms with Gasteiger partial charge in [0.15, 0.2) is 5.43 Å². The Morgan fingerprint density at radius 3 is 2.60 bits per heavy atom. The SMILES string of the molecule is Cc1cccc2c1-n1c(cc(=O)c3cccc(C)c31)C2. The van der Waals surface area contributed by atoms with Gasteiger partial charge in [-0.1, -0.05) is 30.3 Å². The quantitative estimate of drug-likeness (QED) is 0.475. The third-order valence-electron chi connectivity index (χ3n) is 4.23. The number of pyridine rings is 1. The highest BCUT2D eigenvalue weighted by molar-refractivity contribution is 5.85. The molecule has 0 saturated carbocycles. The van der Waals surface area contributed by atoms with E-state index in [9.17, 15) is 4.79 Å². The van der Waals surface area contributed by atoms with Crippen molar-refractivity contribution in [3.63, 3.8) is 0 Å². The van der Waals surface area contributed by atoms with E-state index < -0.39 is 0 Å². The lowest BCUT2D eigenvalue weighted by Crippen LogP contribution is -2.10. The van der Waals surface area contributed by atoms with Gasteiger partial charge in [0.2, 0.25) is 0 Å². The van der Waals surface area contributed by atoms with Crippen molar-refractivity contribution in [1.82, 2.24) is 4.57 Å². The minimum atomic E-state index is 0.125. The molecule has 0 radical (unpaired) electrons. The average Bonchev–Trinajstić information content (AvgIpc) is 2.78. The molecule has 1 aromatic heterocycles. The Balaban J connectivity index is 2.27. The molecule has 0 saturated heterocycles. The van der Waals surface area contributed by atoms with Gasteiger partial charge in [0, 0.05) is 23.6 Å². The highest BCUT2D eigenvalue weighted by Gasteiger charge is 2.22. The van der Waals surface area contributed by atoms with Crippen molar-refractivity contribution in [1.29, 1.82) is 0 Å². The van der Waals surface area contributed by atoms with Gasteiger partial charge in [0.05, 0.1) is 11.2 Å². The summed E-state index contributed by atoms with van der Waals surface area (Å²) in [4.78, 5) is 12.3. The number of fused-ring (bicyclic) bond motifs is 5. The zero-order valence-electron chi connectivity index (χ0n) is 11.6. The first-order valence-electron chi connectivity index (χ1n) is 6.90. The van der Waals surface area contributed by atoms with Gasteiger partial charge in [-0.2, -0.15) is 0 Å². The van der Waals surface area contributed by atoms with E-state index in [1.807, 2.05) is 12.1 Å². The van der Waals surface area contributed by atoms with Gasteiger partial charge < -0.3 is 4.57 Å². The number of hydrogen-bond acceptors (Lipinski definition) is 1. The number of hydrogen-bond donors (Lipinski definition) is 0. The summed E-state index contributed by atoms with van der Waals surface area (Å²) in [6.45, 7) is 4.21. The van der Waals surface area contributed by atoms with E-state index in [0.29, 0.717) is 0 Å². The molecule has 0 fully saturated rings. The first-order chi connectivity index (χ1) is 9.66. The molecular formula is C18H15NO. The van der Waals surface area contributed by atoms with Crippen LogP contribution in [0.2, 0.25) is 0 Å². The molecule has 3 aromatic rings. The summed E-state index contributed by atoms with van der Waals surface area (Å²) in [7, 11) is 0. The summed E-state index contributed by atoms with van der Waals surface area (Å²) in [5.41, 5.74) is 7.25. The lowest BCUT2D eigenvalue weighted by molar-refractivity contribution is 1.04. The molecule has 98 valence electrons. The monoisotopic (exact) mass is 261 g/mol. The van der Waals surface area contributed by atoms with Crippen LogP contribution in [-0.2, 0) is 6.42 Å². The van der Waals surface area contributed by atoms with Crippen LogP contribution in [0.5, 0.6) is 0 Å². The van der Waals surface area contributed by atoms with Gasteiger partial charge in [-0.25, -0.2) is 0 Å². The molecule has 1 aliphatic heterocycles.